The fourth-order valence-corrected chi connectivity index (χ4v) is 5.40. The molecule has 1 aromatic heterocycles. The highest BCUT2D eigenvalue weighted by Crippen LogP contribution is 2.36. The maximum atomic E-state index is 10.8. The molecule has 37 heavy (non-hydrogen) atoms. The Hall–Kier alpha value is -2.96. The molecule has 3 aromatic rings. The van der Waals surface area contributed by atoms with Crippen molar-refractivity contribution in [3.05, 3.63) is 64.9 Å². The van der Waals surface area contributed by atoms with Crippen molar-refractivity contribution < 1.29 is 14.6 Å². The highest BCUT2D eigenvalue weighted by atomic mass is 35.5. The molecule has 196 valence electrons. The third kappa shape index (κ3) is 6.88. The quantitative estimate of drug-likeness (QED) is 0.314. The molecule has 1 N–H and O–H groups in total. The summed E-state index contributed by atoms with van der Waals surface area (Å²) in [6.07, 6.45) is 7.95. The van der Waals surface area contributed by atoms with Crippen LogP contribution in [0.4, 0.5) is 0 Å². The number of hydrogen-bond acceptors (Lipinski definition) is 5. The van der Waals surface area contributed by atoms with Crippen LogP contribution in [0.1, 0.15) is 63.5 Å². The van der Waals surface area contributed by atoms with Gasteiger partial charge in [-0.05, 0) is 100.0 Å². The summed E-state index contributed by atoms with van der Waals surface area (Å²) in [6, 6.07) is 12.2. The number of halogens is 1. The predicted molar refractivity (Wildman–Crippen MR) is 148 cm³/mol. The third-order valence-corrected chi connectivity index (χ3v) is 7.27. The molecule has 6 nitrogen and oxygen atoms in total. The number of carboxylic acid groups (broad SMARTS) is 1. The number of benzene rings is 2. The smallest absolute Gasteiger partial charge is 0.303 e. The lowest BCUT2D eigenvalue weighted by Gasteiger charge is -2.33. The van der Waals surface area contributed by atoms with E-state index in [0.29, 0.717) is 28.9 Å². The molecule has 1 saturated heterocycles. The molecule has 0 atom stereocenters. The maximum Gasteiger partial charge on any atom is 0.303 e. The van der Waals surface area contributed by atoms with Gasteiger partial charge in [0, 0.05) is 29.9 Å². The SMILES string of the molecule is CCc1c(-c2cnc(-c3ccc(OC(C)C)c(Cl)c3)nc2)cccc1C1CCN(CCCC(=O)O)CC1. The molecule has 1 aliphatic heterocycles. The van der Waals surface area contributed by atoms with Gasteiger partial charge in [0.25, 0.3) is 0 Å². The number of likely N-dealkylation sites (tertiary alicyclic amines) is 1. The molecule has 2 heterocycles. The van der Waals surface area contributed by atoms with Crippen LogP contribution in [-0.4, -0.2) is 51.7 Å². The average molecular weight is 522 g/mol. The Morgan fingerprint density at radius 1 is 1.14 bits per heavy atom. The molecular formula is C30H36ClN3O3. The summed E-state index contributed by atoms with van der Waals surface area (Å²) in [5.74, 6) is 1.09. The van der Waals surface area contributed by atoms with E-state index in [4.69, 9.17) is 21.4 Å². The van der Waals surface area contributed by atoms with Crippen molar-refractivity contribution in [1.29, 1.82) is 0 Å². The Labute approximate surface area is 224 Å². The lowest BCUT2D eigenvalue weighted by atomic mass is 9.83. The van der Waals surface area contributed by atoms with Crippen LogP contribution in [0.2, 0.25) is 5.02 Å². The Morgan fingerprint density at radius 2 is 1.86 bits per heavy atom. The van der Waals surface area contributed by atoms with Crippen LogP contribution in [0.25, 0.3) is 22.5 Å². The van der Waals surface area contributed by atoms with Gasteiger partial charge in [-0.25, -0.2) is 9.97 Å². The minimum Gasteiger partial charge on any atom is -0.489 e. The van der Waals surface area contributed by atoms with Crippen LogP contribution in [0.15, 0.2) is 48.8 Å². The van der Waals surface area contributed by atoms with E-state index in [1.807, 2.05) is 44.4 Å². The Kier molecular flexibility index (Phi) is 9.17. The molecule has 0 radical (unpaired) electrons. The van der Waals surface area contributed by atoms with E-state index in [0.717, 1.165) is 50.0 Å². The first-order valence-electron chi connectivity index (χ1n) is 13.2. The monoisotopic (exact) mass is 521 g/mol. The second kappa shape index (κ2) is 12.5. The van der Waals surface area contributed by atoms with E-state index in [9.17, 15) is 4.79 Å². The normalized spacial score (nSPS) is 14.7. The predicted octanol–water partition coefficient (Wildman–Crippen LogP) is 6.86. The molecule has 0 bridgehead atoms. The minimum atomic E-state index is -0.714. The third-order valence-electron chi connectivity index (χ3n) is 6.97. The molecule has 2 aromatic carbocycles. The summed E-state index contributed by atoms with van der Waals surface area (Å²) in [4.78, 5) is 22.5. The van der Waals surface area contributed by atoms with E-state index in [-0.39, 0.29) is 12.5 Å². The zero-order valence-corrected chi connectivity index (χ0v) is 22.7. The summed E-state index contributed by atoms with van der Waals surface area (Å²) < 4.78 is 5.73. The van der Waals surface area contributed by atoms with Gasteiger partial charge < -0.3 is 14.7 Å². The second-order valence-corrected chi connectivity index (χ2v) is 10.4. The summed E-state index contributed by atoms with van der Waals surface area (Å²) in [7, 11) is 0. The van der Waals surface area contributed by atoms with Gasteiger partial charge in [0.2, 0.25) is 0 Å². The zero-order chi connectivity index (χ0) is 26.4. The van der Waals surface area contributed by atoms with Crippen LogP contribution < -0.4 is 4.74 Å². The van der Waals surface area contributed by atoms with Crippen molar-refractivity contribution in [2.45, 2.75) is 64.9 Å². The van der Waals surface area contributed by atoms with Gasteiger partial charge in [0.1, 0.15) is 5.75 Å². The molecule has 0 saturated carbocycles. The van der Waals surface area contributed by atoms with Crippen molar-refractivity contribution in [2.24, 2.45) is 0 Å². The molecule has 0 aliphatic carbocycles. The van der Waals surface area contributed by atoms with Crippen LogP contribution in [-0.2, 0) is 11.2 Å². The maximum absolute atomic E-state index is 10.8. The fraction of sp³-hybridized carbons (Fsp3) is 0.433. The first-order chi connectivity index (χ1) is 17.9. The van der Waals surface area contributed by atoms with Gasteiger partial charge in [0.15, 0.2) is 5.82 Å². The molecule has 1 fully saturated rings. The number of rotatable bonds is 10. The largest absolute Gasteiger partial charge is 0.489 e. The Balaban J connectivity index is 1.48. The molecule has 0 unspecified atom stereocenters. The first kappa shape index (κ1) is 27.1. The molecule has 1 aliphatic rings. The van der Waals surface area contributed by atoms with E-state index >= 15 is 0 Å². The van der Waals surface area contributed by atoms with E-state index < -0.39 is 5.97 Å². The molecule has 0 amide bonds. The molecule has 0 spiro atoms. The number of aromatic nitrogens is 2. The molecule has 7 heteroatoms. The van der Waals surface area contributed by atoms with Gasteiger partial charge >= 0.3 is 5.97 Å². The summed E-state index contributed by atoms with van der Waals surface area (Å²) in [5.41, 5.74) is 5.84. The van der Waals surface area contributed by atoms with Gasteiger partial charge in [0.05, 0.1) is 11.1 Å². The van der Waals surface area contributed by atoms with Gasteiger partial charge in [-0.3, -0.25) is 4.79 Å². The number of piperidine rings is 1. The van der Waals surface area contributed by atoms with Gasteiger partial charge in [-0.15, -0.1) is 0 Å². The van der Waals surface area contributed by atoms with Crippen molar-refractivity contribution in [1.82, 2.24) is 14.9 Å². The van der Waals surface area contributed by atoms with Crippen LogP contribution >= 0.6 is 11.6 Å². The number of hydrogen-bond donors (Lipinski definition) is 1. The number of aliphatic carboxylic acids is 1. The summed E-state index contributed by atoms with van der Waals surface area (Å²) in [6.45, 7) is 9.04. The topological polar surface area (TPSA) is 75.6 Å². The first-order valence-corrected chi connectivity index (χ1v) is 13.6. The highest BCUT2D eigenvalue weighted by Gasteiger charge is 2.23. The van der Waals surface area contributed by atoms with Crippen LogP contribution in [0.5, 0.6) is 5.75 Å². The number of carboxylic acids is 1. The zero-order valence-electron chi connectivity index (χ0n) is 21.9. The summed E-state index contributed by atoms with van der Waals surface area (Å²) >= 11 is 6.42. The van der Waals surface area contributed by atoms with E-state index in [1.165, 1.54) is 16.7 Å². The minimum absolute atomic E-state index is 0.0544. The van der Waals surface area contributed by atoms with Crippen molar-refractivity contribution in [3.63, 3.8) is 0 Å². The summed E-state index contributed by atoms with van der Waals surface area (Å²) in [5, 5.41) is 9.44. The van der Waals surface area contributed by atoms with Crippen LogP contribution in [0, 0.1) is 0 Å². The van der Waals surface area contributed by atoms with Crippen molar-refractivity contribution in [3.8, 4) is 28.3 Å². The number of nitrogens with zero attached hydrogens (tertiary/aromatic N) is 3. The standard InChI is InChI=1S/C30H36ClN3O3/c1-4-24-25(21-12-15-34(16-13-21)14-6-9-29(35)36)7-5-8-26(24)23-18-32-30(33-19-23)22-10-11-28(27(31)17-22)37-20(2)3/h5,7-8,10-11,17-21H,4,6,9,12-16H2,1-3H3,(H,35,36). The number of carbonyl (C=O) groups is 1. The van der Waals surface area contributed by atoms with Crippen molar-refractivity contribution in [2.75, 3.05) is 19.6 Å². The Morgan fingerprint density at radius 3 is 2.49 bits per heavy atom. The van der Waals surface area contributed by atoms with Crippen molar-refractivity contribution >= 4 is 17.6 Å². The second-order valence-electron chi connectivity index (χ2n) is 9.95. The Bertz CT molecular complexity index is 1210. The van der Waals surface area contributed by atoms with E-state index in [2.05, 4.69) is 40.0 Å². The number of ether oxygens (including phenoxy) is 1. The molecular weight excluding hydrogens is 486 g/mol. The van der Waals surface area contributed by atoms with Crippen LogP contribution in [0.3, 0.4) is 0 Å². The van der Waals surface area contributed by atoms with E-state index in [1.54, 1.807) is 0 Å². The highest BCUT2D eigenvalue weighted by molar-refractivity contribution is 6.32. The lowest BCUT2D eigenvalue weighted by molar-refractivity contribution is -0.137. The van der Waals surface area contributed by atoms with Gasteiger partial charge in [-0.1, -0.05) is 36.7 Å². The lowest BCUT2D eigenvalue weighted by Crippen LogP contribution is -2.34. The fourth-order valence-electron chi connectivity index (χ4n) is 5.18. The average Bonchev–Trinajstić information content (AvgIpc) is 2.89. The molecule has 4 rings (SSSR count). The van der Waals surface area contributed by atoms with Gasteiger partial charge in [-0.2, -0.15) is 0 Å².